The Kier molecular flexibility index (Phi) is 9.67. The van der Waals surface area contributed by atoms with E-state index in [4.69, 9.17) is 0 Å². The predicted molar refractivity (Wildman–Crippen MR) is 65.8 cm³/mol. The van der Waals surface area contributed by atoms with Crippen LogP contribution in [-0.2, 0) is 15.4 Å². The van der Waals surface area contributed by atoms with Crippen LogP contribution in [0, 0.1) is 5.92 Å². The third kappa shape index (κ3) is 11.0. The molecule has 2 unspecified atom stereocenters. The molecule has 0 aromatic rings. The zero-order chi connectivity index (χ0) is 14.0. The lowest BCUT2D eigenvalue weighted by atomic mass is 9.99. The van der Waals surface area contributed by atoms with Crippen molar-refractivity contribution in [2.24, 2.45) is 5.92 Å². The molecule has 7 heteroatoms. The van der Waals surface area contributed by atoms with Gasteiger partial charge in [0.1, 0.15) is 0 Å². The standard InChI is InChI=1S/C11H22F3NO2S/c1-3-5-6-7-8-10(4-2)9-15-18(16)17-11(12,13)14/h10,15H,3-9H2,1-2H3. The summed E-state index contributed by atoms with van der Waals surface area (Å²) in [6.45, 7) is 4.38. The number of nitrogens with one attached hydrogen (secondary N) is 1. The van der Waals surface area contributed by atoms with Crippen molar-refractivity contribution in [2.75, 3.05) is 6.54 Å². The average molecular weight is 289 g/mol. The van der Waals surface area contributed by atoms with Crippen molar-refractivity contribution in [3.05, 3.63) is 0 Å². The maximum absolute atomic E-state index is 11.7. The van der Waals surface area contributed by atoms with Crippen molar-refractivity contribution in [3.63, 3.8) is 0 Å². The second kappa shape index (κ2) is 9.75. The number of halogens is 3. The Hall–Kier alpha value is -0.140. The van der Waals surface area contributed by atoms with Crippen molar-refractivity contribution in [1.29, 1.82) is 0 Å². The molecule has 2 atom stereocenters. The lowest BCUT2D eigenvalue weighted by molar-refractivity contribution is -0.270. The fraction of sp³-hybridized carbons (Fsp3) is 1.00. The van der Waals surface area contributed by atoms with Crippen LogP contribution in [0.4, 0.5) is 13.2 Å². The van der Waals surface area contributed by atoms with Crippen molar-refractivity contribution in [2.45, 2.75) is 58.7 Å². The monoisotopic (exact) mass is 289 g/mol. The first kappa shape index (κ1) is 17.9. The molecule has 0 saturated heterocycles. The van der Waals surface area contributed by atoms with E-state index in [1.54, 1.807) is 0 Å². The van der Waals surface area contributed by atoms with Crippen LogP contribution in [0.5, 0.6) is 0 Å². The van der Waals surface area contributed by atoms with Gasteiger partial charge in [-0.3, -0.25) is 0 Å². The second-order valence-electron chi connectivity index (χ2n) is 4.24. The van der Waals surface area contributed by atoms with E-state index >= 15 is 0 Å². The Morgan fingerprint density at radius 3 is 2.39 bits per heavy atom. The Labute approximate surface area is 109 Å². The summed E-state index contributed by atoms with van der Waals surface area (Å²) < 4.78 is 51.7. The molecule has 18 heavy (non-hydrogen) atoms. The highest BCUT2D eigenvalue weighted by molar-refractivity contribution is 7.78. The van der Waals surface area contributed by atoms with Gasteiger partial charge in [0.05, 0.1) is 0 Å². The van der Waals surface area contributed by atoms with E-state index in [-0.39, 0.29) is 12.5 Å². The summed E-state index contributed by atoms with van der Waals surface area (Å²) in [6.07, 6.45) is 1.44. The number of hydrogen-bond donors (Lipinski definition) is 1. The molecular formula is C11H22F3NO2S. The highest BCUT2D eigenvalue weighted by atomic mass is 32.2. The largest absolute Gasteiger partial charge is 0.536 e. The normalized spacial score (nSPS) is 15.6. The molecule has 0 aliphatic rings. The van der Waals surface area contributed by atoms with Crippen LogP contribution in [0.15, 0.2) is 0 Å². The number of rotatable bonds is 10. The number of unbranched alkanes of at least 4 members (excludes halogenated alkanes) is 3. The van der Waals surface area contributed by atoms with Crippen molar-refractivity contribution in [1.82, 2.24) is 4.72 Å². The third-order valence-electron chi connectivity index (χ3n) is 2.70. The summed E-state index contributed by atoms with van der Waals surface area (Å²) >= 11 is -2.50. The molecule has 0 fully saturated rings. The predicted octanol–water partition coefficient (Wildman–Crippen LogP) is 3.69. The highest BCUT2D eigenvalue weighted by Crippen LogP contribution is 2.18. The maximum atomic E-state index is 11.7. The zero-order valence-electron chi connectivity index (χ0n) is 10.9. The van der Waals surface area contributed by atoms with E-state index in [0.29, 0.717) is 0 Å². The molecule has 0 radical (unpaired) electrons. The van der Waals surface area contributed by atoms with E-state index < -0.39 is 17.6 Å². The van der Waals surface area contributed by atoms with Crippen LogP contribution >= 0.6 is 0 Å². The van der Waals surface area contributed by atoms with Crippen LogP contribution < -0.4 is 4.72 Å². The molecular weight excluding hydrogens is 267 g/mol. The minimum atomic E-state index is -4.86. The van der Waals surface area contributed by atoms with Crippen molar-refractivity contribution >= 4 is 11.3 Å². The number of alkyl halides is 3. The molecule has 3 nitrogen and oxygen atoms in total. The minimum absolute atomic E-state index is 0.239. The van der Waals surface area contributed by atoms with Crippen LogP contribution in [0.25, 0.3) is 0 Å². The molecule has 0 bridgehead atoms. The molecule has 0 aromatic heterocycles. The summed E-state index contributed by atoms with van der Waals surface area (Å²) in [4.78, 5) is 0. The van der Waals surface area contributed by atoms with Gasteiger partial charge in [-0.25, -0.2) is 8.93 Å². The minimum Gasteiger partial charge on any atom is -0.214 e. The van der Waals surface area contributed by atoms with Gasteiger partial charge >= 0.3 is 6.36 Å². The second-order valence-corrected chi connectivity index (χ2v) is 5.16. The smallest absolute Gasteiger partial charge is 0.214 e. The molecule has 0 spiro atoms. The summed E-state index contributed by atoms with van der Waals surface area (Å²) in [7, 11) is 0. The quantitative estimate of drug-likeness (QED) is 0.623. The van der Waals surface area contributed by atoms with E-state index in [2.05, 4.69) is 15.8 Å². The summed E-state index contributed by atoms with van der Waals surface area (Å²) in [5, 5.41) is 0. The van der Waals surface area contributed by atoms with Gasteiger partial charge in [-0.2, -0.15) is 4.18 Å². The topological polar surface area (TPSA) is 38.3 Å². The SMILES string of the molecule is CCCCCCC(CC)CNS(=O)OC(F)(F)F. The molecule has 0 aromatic carbocycles. The van der Waals surface area contributed by atoms with Gasteiger partial charge in [0, 0.05) is 6.54 Å². The summed E-state index contributed by atoms with van der Waals surface area (Å²) in [6, 6.07) is 0. The lowest BCUT2D eigenvalue weighted by Crippen LogP contribution is -2.29. The van der Waals surface area contributed by atoms with Gasteiger partial charge in [0.25, 0.3) is 0 Å². The molecule has 1 N–H and O–H groups in total. The molecule has 0 amide bonds. The maximum Gasteiger partial charge on any atom is 0.536 e. The highest BCUT2D eigenvalue weighted by Gasteiger charge is 2.33. The fourth-order valence-electron chi connectivity index (χ4n) is 1.61. The van der Waals surface area contributed by atoms with Crippen LogP contribution in [0.3, 0.4) is 0 Å². The Balaban J connectivity index is 3.75. The van der Waals surface area contributed by atoms with Crippen LogP contribution in [0.1, 0.15) is 52.4 Å². The summed E-state index contributed by atoms with van der Waals surface area (Å²) in [5.74, 6) is 0.239. The first-order chi connectivity index (χ1) is 8.39. The van der Waals surface area contributed by atoms with Gasteiger partial charge in [-0.1, -0.05) is 46.0 Å². The van der Waals surface area contributed by atoms with Gasteiger partial charge in [0.2, 0.25) is 11.3 Å². The number of hydrogen-bond acceptors (Lipinski definition) is 2. The van der Waals surface area contributed by atoms with Gasteiger partial charge in [-0.05, 0) is 12.3 Å². The average Bonchev–Trinajstić information content (AvgIpc) is 2.26. The van der Waals surface area contributed by atoms with Gasteiger partial charge in [0.15, 0.2) is 0 Å². The third-order valence-corrected chi connectivity index (χ3v) is 3.45. The van der Waals surface area contributed by atoms with Crippen molar-refractivity contribution < 1.29 is 21.6 Å². The molecule has 0 rings (SSSR count). The molecule has 0 aliphatic carbocycles. The molecule has 0 heterocycles. The first-order valence-electron chi connectivity index (χ1n) is 6.30. The van der Waals surface area contributed by atoms with E-state index in [0.717, 1.165) is 32.1 Å². The Morgan fingerprint density at radius 2 is 1.89 bits per heavy atom. The van der Waals surface area contributed by atoms with Gasteiger partial charge in [-0.15, -0.1) is 13.2 Å². The van der Waals surface area contributed by atoms with Crippen LogP contribution in [-0.4, -0.2) is 17.1 Å². The van der Waals surface area contributed by atoms with E-state index in [1.165, 1.54) is 6.42 Å². The first-order valence-corrected chi connectivity index (χ1v) is 7.38. The van der Waals surface area contributed by atoms with E-state index in [9.17, 15) is 17.4 Å². The lowest BCUT2D eigenvalue weighted by Gasteiger charge is -2.15. The Bertz CT molecular complexity index is 237. The fourth-order valence-corrected chi connectivity index (χ4v) is 2.21. The molecule has 110 valence electrons. The Morgan fingerprint density at radius 1 is 1.22 bits per heavy atom. The van der Waals surface area contributed by atoms with Crippen LogP contribution in [0.2, 0.25) is 0 Å². The molecule has 0 saturated carbocycles. The molecule has 0 aliphatic heterocycles. The zero-order valence-corrected chi connectivity index (χ0v) is 11.7. The van der Waals surface area contributed by atoms with E-state index in [1.807, 2.05) is 6.92 Å². The van der Waals surface area contributed by atoms with Gasteiger partial charge < -0.3 is 0 Å². The summed E-state index contributed by atoms with van der Waals surface area (Å²) in [5.41, 5.74) is 0. The van der Waals surface area contributed by atoms with Crippen molar-refractivity contribution in [3.8, 4) is 0 Å².